The Kier molecular flexibility index (Phi) is 6.20. The number of aromatic nitrogens is 5. The molecule has 1 saturated heterocycles. The molecule has 166 valence electrons. The van der Waals surface area contributed by atoms with Gasteiger partial charge in [-0.25, -0.2) is 0 Å². The topological polar surface area (TPSA) is 82.6 Å². The third-order valence-corrected chi connectivity index (χ3v) is 4.85. The number of alkyl halides is 3. The van der Waals surface area contributed by atoms with Crippen molar-refractivity contribution in [2.45, 2.75) is 25.9 Å². The molecular formula is C22H22F3N7. The fourth-order valence-electron chi connectivity index (χ4n) is 3.34. The molecular weight excluding hydrogens is 419 g/mol. The number of benzene rings is 1. The number of aromatic amines is 1. The minimum absolute atomic E-state index is 0.309. The van der Waals surface area contributed by atoms with Crippen molar-refractivity contribution in [3.63, 3.8) is 0 Å². The molecule has 0 spiro atoms. The fraction of sp³-hybridized carbons (Fsp3) is 0.273. The molecule has 0 atom stereocenters. The number of nitrogens with zero attached hydrogens (tertiary/aromatic N) is 5. The molecule has 2 N–H and O–H groups in total. The van der Waals surface area contributed by atoms with Gasteiger partial charge in [-0.2, -0.15) is 33.2 Å². The first-order chi connectivity index (χ1) is 15.4. The smallest absolute Gasteiger partial charge is 0.341 e. The van der Waals surface area contributed by atoms with Gasteiger partial charge < -0.3 is 10.2 Å². The van der Waals surface area contributed by atoms with Gasteiger partial charge in [-0.05, 0) is 49.6 Å². The third-order valence-electron chi connectivity index (χ3n) is 4.85. The van der Waals surface area contributed by atoms with E-state index in [2.05, 4.69) is 35.4 Å². The zero-order valence-electron chi connectivity index (χ0n) is 17.4. The molecule has 0 saturated carbocycles. The Labute approximate surface area is 183 Å². The Morgan fingerprint density at radius 3 is 2.59 bits per heavy atom. The van der Waals surface area contributed by atoms with E-state index in [0.29, 0.717) is 29.1 Å². The second-order valence-corrected chi connectivity index (χ2v) is 7.30. The van der Waals surface area contributed by atoms with Gasteiger partial charge in [0.1, 0.15) is 0 Å². The van der Waals surface area contributed by atoms with E-state index in [-0.39, 0.29) is 0 Å². The quantitative estimate of drug-likeness (QED) is 0.550. The average Bonchev–Trinajstić information content (AvgIpc) is 3.45. The Hall–Kier alpha value is -3.69. The van der Waals surface area contributed by atoms with Crippen molar-refractivity contribution in [2.75, 3.05) is 23.3 Å². The number of hydrogen-bond donors (Lipinski definition) is 2. The van der Waals surface area contributed by atoms with Gasteiger partial charge in [-0.15, -0.1) is 0 Å². The van der Waals surface area contributed by atoms with Crippen molar-refractivity contribution in [2.24, 2.45) is 0 Å². The zero-order valence-corrected chi connectivity index (χ0v) is 17.4. The number of allylic oxidation sites excluding steroid dienone is 1. The highest BCUT2D eigenvalue weighted by atomic mass is 19.4. The Morgan fingerprint density at radius 1 is 1.03 bits per heavy atom. The standard InChI is InChI=1S/C22H22F3N7/c1-2-6-17-14-19(31-30-17)27-20-26-18(28-21(29-20)32-11-3-4-12-32)10-9-15-7-5-8-16(13-15)22(23,24)25/h2,5-10,13-14H,3-4,11-12H2,1H3,(H2,26,27,28,29,30,31)/b6-2+,10-9+. The Balaban J connectivity index is 1.62. The highest BCUT2D eigenvalue weighted by Crippen LogP contribution is 2.30. The summed E-state index contributed by atoms with van der Waals surface area (Å²) in [7, 11) is 0. The van der Waals surface area contributed by atoms with Crippen LogP contribution in [0, 0.1) is 0 Å². The van der Waals surface area contributed by atoms with Gasteiger partial charge >= 0.3 is 6.18 Å². The minimum atomic E-state index is -4.40. The molecule has 2 aromatic heterocycles. The van der Waals surface area contributed by atoms with Gasteiger partial charge in [-0.1, -0.05) is 24.3 Å². The van der Waals surface area contributed by atoms with E-state index in [4.69, 9.17) is 0 Å². The molecule has 0 aliphatic carbocycles. The first-order valence-electron chi connectivity index (χ1n) is 10.2. The van der Waals surface area contributed by atoms with E-state index in [1.54, 1.807) is 18.2 Å². The lowest BCUT2D eigenvalue weighted by molar-refractivity contribution is -0.137. The van der Waals surface area contributed by atoms with Crippen molar-refractivity contribution in [3.8, 4) is 0 Å². The summed E-state index contributed by atoms with van der Waals surface area (Å²) < 4.78 is 38.9. The lowest BCUT2D eigenvalue weighted by Crippen LogP contribution is -2.21. The van der Waals surface area contributed by atoms with E-state index in [1.807, 2.05) is 25.1 Å². The molecule has 4 rings (SSSR count). The number of anilines is 3. The summed E-state index contributed by atoms with van der Waals surface area (Å²) in [5.41, 5.74) is 0.528. The van der Waals surface area contributed by atoms with Gasteiger partial charge in [0, 0.05) is 19.2 Å². The molecule has 7 nitrogen and oxygen atoms in total. The van der Waals surface area contributed by atoms with Gasteiger partial charge in [0.05, 0.1) is 11.3 Å². The maximum Gasteiger partial charge on any atom is 0.416 e. The van der Waals surface area contributed by atoms with Crippen LogP contribution in [-0.2, 0) is 6.18 Å². The number of hydrogen-bond acceptors (Lipinski definition) is 6. The third kappa shape index (κ3) is 5.32. The van der Waals surface area contributed by atoms with Crippen molar-refractivity contribution in [3.05, 3.63) is 59.1 Å². The number of nitrogens with one attached hydrogen (secondary N) is 2. The monoisotopic (exact) mass is 441 g/mol. The average molecular weight is 441 g/mol. The van der Waals surface area contributed by atoms with E-state index >= 15 is 0 Å². The predicted molar refractivity (Wildman–Crippen MR) is 118 cm³/mol. The van der Waals surface area contributed by atoms with E-state index < -0.39 is 11.7 Å². The van der Waals surface area contributed by atoms with Crippen LogP contribution >= 0.6 is 0 Å². The van der Waals surface area contributed by atoms with Crippen LogP contribution in [0.4, 0.5) is 30.9 Å². The summed E-state index contributed by atoms with van der Waals surface area (Å²) in [5.74, 6) is 1.72. The predicted octanol–water partition coefficient (Wildman–Crippen LogP) is 5.16. The van der Waals surface area contributed by atoms with Crippen LogP contribution in [0.3, 0.4) is 0 Å². The molecule has 0 unspecified atom stereocenters. The first kappa shape index (κ1) is 21.5. The van der Waals surface area contributed by atoms with Crippen molar-refractivity contribution < 1.29 is 13.2 Å². The molecule has 1 aromatic carbocycles. The van der Waals surface area contributed by atoms with Crippen LogP contribution in [0.25, 0.3) is 18.2 Å². The summed E-state index contributed by atoms with van der Waals surface area (Å²) in [6.07, 6.45) is 4.61. The molecule has 32 heavy (non-hydrogen) atoms. The molecule has 0 bridgehead atoms. The number of halogens is 3. The molecule has 3 aromatic rings. The molecule has 1 aliphatic rings. The molecule has 10 heteroatoms. The minimum Gasteiger partial charge on any atom is -0.341 e. The van der Waals surface area contributed by atoms with E-state index in [9.17, 15) is 13.2 Å². The largest absolute Gasteiger partial charge is 0.416 e. The van der Waals surface area contributed by atoms with Crippen molar-refractivity contribution >= 4 is 35.9 Å². The maximum absolute atomic E-state index is 13.0. The number of rotatable bonds is 6. The van der Waals surface area contributed by atoms with Crippen LogP contribution in [0.15, 0.2) is 36.4 Å². The molecule has 0 amide bonds. The number of H-pyrrole nitrogens is 1. The second kappa shape index (κ2) is 9.21. The summed E-state index contributed by atoms with van der Waals surface area (Å²) >= 11 is 0. The van der Waals surface area contributed by atoms with Crippen LogP contribution < -0.4 is 10.2 Å². The lowest BCUT2D eigenvalue weighted by atomic mass is 10.1. The van der Waals surface area contributed by atoms with Gasteiger partial charge in [-0.3, -0.25) is 5.10 Å². The highest BCUT2D eigenvalue weighted by molar-refractivity contribution is 5.68. The molecule has 0 radical (unpaired) electrons. The molecule has 1 fully saturated rings. The Bertz CT molecular complexity index is 1130. The molecule has 1 aliphatic heterocycles. The zero-order chi connectivity index (χ0) is 22.6. The van der Waals surface area contributed by atoms with Crippen molar-refractivity contribution in [1.82, 2.24) is 25.1 Å². The normalized spacial score (nSPS) is 14.7. The van der Waals surface area contributed by atoms with E-state index in [1.165, 1.54) is 6.07 Å². The summed E-state index contributed by atoms with van der Waals surface area (Å²) in [5, 5.41) is 10.1. The van der Waals surface area contributed by atoms with Gasteiger partial charge in [0.15, 0.2) is 11.6 Å². The summed E-state index contributed by atoms with van der Waals surface area (Å²) in [6.45, 7) is 3.59. The van der Waals surface area contributed by atoms with Crippen LogP contribution in [0.1, 0.15) is 42.4 Å². The summed E-state index contributed by atoms with van der Waals surface area (Å²) in [4.78, 5) is 15.5. The fourth-order valence-corrected chi connectivity index (χ4v) is 3.34. The van der Waals surface area contributed by atoms with Gasteiger partial charge in [0.25, 0.3) is 0 Å². The first-order valence-corrected chi connectivity index (χ1v) is 10.2. The Morgan fingerprint density at radius 2 is 1.84 bits per heavy atom. The van der Waals surface area contributed by atoms with Gasteiger partial charge in [0.2, 0.25) is 11.9 Å². The summed E-state index contributed by atoms with van der Waals surface area (Å²) in [6, 6.07) is 6.92. The SMILES string of the molecule is C/C=C/c1cc(Nc2nc(/C=C/c3cccc(C(F)(F)F)c3)nc(N3CCCC3)n2)n[nH]1. The molecule has 3 heterocycles. The lowest BCUT2D eigenvalue weighted by Gasteiger charge is -2.16. The van der Waals surface area contributed by atoms with Crippen LogP contribution in [-0.4, -0.2) is 38.2 Å². The van der Waals surface area contributed by atoms with Crippen LogP contribution in [0.2, 0.25) is 0 Å². The van der Waals surface area contributed by atoms with E-state index in [0.717, 1.165) is 43.8 Å². The van der Waals surface area contributed by atoms with Crippen LogP contribution in [0.5, 0.6) is 0 Å². The maximum atomic E-state index is 13.0. The van der Waals surface area contributed by atoms with Crippen molar-refractivity contribution in [1.29, 1.82) is 0 Å². The second-order valence-electron chi connectivity index (χ2n) is 7.30. The highest BCUT2D eigenvalue weighted by Gasteiger charge is 2.30.